The van der Waals surface area contributed by atoms with E-state index in [2.05, 4.69) is 6.92 Å². The van der Waals surface area contributed by atoms with E-state index in [-0.39, 0.29) is 24.9 Å². The van der Waals surface area contributed by atoms with Gasteiger partial charge in [-0.15, -0.1) is 0 Å². The summed E-state index contributed by atoms with van der Waals surface area (Å²) in [6.45, 7) is 4.13. The summed E-state index contributed by atoms with van der Waals surface area (Å²) in [7, 11) is 0. The van der Waals surface area contributed by atoms with Gasteiger partial charge in [0.1, 0.15) is 0 Å². The van der Waals surface area contributed by atoms with E-state index in [0.717, 1.165) is 37.7 Å². The molecule has 4 rings (SSSR count). The second-order valence-corrected chi connectivity index (χ2v) is 10.1. The van der Waals surface area contributed by atoms with Crippen molar-refractivity contribution in [3.63, 3.8) is 0 Å². The molecule has 0 amide bonds. The number of aryl methyl sites for hydroxylation is 2. The number of hydrogen-bond donors (Lipinski definition) is 0. The zero-order valence-electron chi connectivity index (χ0n) is 21.3. The van der Waals surface area contributed by atoms with Crippen LogP contribution in [0.1, 0.15) is 69.9 Å². The van der Waals surface area contributed by atoms with Crippen LogP contribution < -0.4 is 0 Å². The summed E-state index contributed by atoms with van der Waals surface area (Å²) in [5.74, 6) is -1.60. The van der Waals surface area contributed by atoms with Gasteiger partial charge in [0, 0.05) is 11.1 Å². The number of alkyl halides is 1. The van der Waals surface area contributed by atoms with Gasteiger partial charge in [-0.25, -0.2) is 13.2 Å². The Morgan fingerprint density at radius 2 is 1.67 bits per heavy atom. The van der Waals surface area contributed by atoms with Crippen LogP contribution in [0.25, 0.3) is 11.1 Å². The van der Waals surface area contributed by atoms with Gasteiger partial charge in [0.15, 0.2) is 23.6 Å². The van der Waals surface area contributed by atoms with Gasteiger partial charge < -0.3 is 14.2 Å². The molecule has 196 valence electrons. The van der Waals surface area contributed by atoms with Gasteiger partial charge >= 0.3 is 0 Å². The van der Waals surface area contributed by atoms with E-state index in [1.165, 1.54) is 5.56 Å². The predicted octanol–water partition coefficient (Wildman–Crippen LogP) is 7.85. The third kappa shape index (κ3) is 6.51. The summed E-state index contributed by atoms with van der Waals surface area (Å²) in [4.78, 5) is 0. The number of ether oxygens (including phenoxy) is 3. The van der Waals surface area contributed by atoms with Crippen molar-refractivity contribution >= 4 is 0 Å². The van der Waals surface area contributed by atoms with Gasteiger partial charge in [0.05, 0.1) is 25.6 Å². The first-order valence-electron chi connectivity index (χ1n) is 13.2. The number of halogens is 3. The van der Waals surface area contributed by atoms with Crippen molar-refractivity contribution in [2.75, 3.05) is 13.2 Å². The fourth-order valence-electron chi connectivity index (χ4n) is 4.92. The molecule has 2 aliphatic heterocycles. The van der Waals surface area contributed by atoms with Crippen LogP contribution in [0.15, 0.2) is 48.2 Å². The van der Waals surface area contributed by atoms with Crippen molar-refractivity contribution in [2.45, 2.75) is 89.7 Å². The molecule has 0 aromatic heterocycles. The highest BCUT2D eigenvalue weighted by atomic mass is 19.2. The Morgan fingerprint density at radius 3 is 2.31 bits per heavy atom. The standard InChI is InChI=1S/C30H37F3O3/c1-3-5-6-21-7-9-22(10-8-21)26-16-13-23(27(31)28(26)32)11-14-25-15-12-24(18-34-25)29-35-19-30(33,17-4-2)20-36-29/h7-10,13,16,18,25,29H,3-6,11-12,14-15,17,19-20H2,1-2H3. The molecule has 1 saturated heterocycles. The summed E-state index contributed by atoms with van der Waals surface area (Å²) in [5, 5.41) is 0. The number of benzene rings is 2. The maximum absolute atomic E-state index is 14.9. The summed E-state index contributed by atoms with van der Waals surface area (Å²) in [6, 6.07) is 11.0. The first-order valence-corrected chi connectivity index (χ1v) is 13.2. The minimum atomic E-state index is -1.42. The van der Waals surface area contributed by atoms with Crippen LogP contribution in [0, 0.1) is 11.6 Å². The van der Waals surface area contributed by atoms with Crippen molar-refractivity contribution in [1.29, 1.82) is 0 Å². The van der Waals surface area contributed by atoms with Crippen LogP contribution in [0.3, 0.4) is 0 Å². The maximum Gasteiger partial charge on any atom is 0.183 e. The van der Waals surface area contributed by atoms with Gasteiger partial charge in [-0.2, -0.15) is 0 Å². The quantitative estimate of drug-likeness (QED) is 0.331. The smallest absolute Gasteiger partial charge is 0.183 e. The molecule has 3 nitrogen and oxygen atoms in total. The SMILES string of the molecule is CCCCc1ccc(-c2ccc(CCC3CCC(C4OCC(F)(CCC)CO4)=CO3)c(F)c2F)cc1. The first-order chi connectivity index (χ1) is 17.4. The predicted molar refractivity (Wildman–Crippen MR) is 135 cm³/mol. The number of unbranched alkanes of at least 4 members (excludes halogenated alkanes) is 1. The fraction of sp³-hybridized carbons (Fsp3) is 0.533. The highest BCUT2D eigenvalue weighted by molar-refractivity contribution is 5.65. The van der Waals surface area contributed by atoms with E-state index in [4.69, 9.17) is 14.2 Å². The van der Waals surface area contributed by atoms with Gasteiger partial charge in [-0.1, -0.05) is 63.1 Å². The van der Waals surface area contributed by atoms with Crippen molar-refractivity contribution in [3.8, 4) is 11.1 Å². The molecule has 0 saturated carbocycles. The van der Waals surface area contributed by atoms with E-state index in [1.54, 1.807) is 18.4 Å². The third-order valence-corrected chi connectivity index (χ3v) is 7.14. The van der Waals surface area contributed by atoms with Crippen molar-refractivity contribution < 1.29 is 27.4 Å². The molecule has 0 N–H and O–H groups in total. The summed E-state index contributed by atoms with van der Waals surface area (Å²) >= 11 is 0. The average Bonchev–Trinajstić information content (AvgIpc) is 2.90. The Bertz CT molecular complexity index is 1030. The molecule has 2 aliphatic rings. The van der Waals surface area contributed by atoms with Crippen LogP contribution in [0.5, 0.6) is 0 Å². The topological polar surface area (TPSA) is 27.7 Å². The van der Waals surface area contributed by atoms with Crippen molar-refractivity contribution in [1.82, 2.24) is 0 Å². The Kier molecular flexibility index (Phi) is 9.13. The molecule has 0 radical (unpaired) electrons. The lowest BCUT2D eigenvalue weighted by atomic mass is 9.96. The molecule has 1 fully saturated rings. The zero-order chi connectivity index (χ0) is 25.5. The zero-order valence-corrected chi connectivity index (χ0v) is 21.3. The molecule has 2 heterocycles. The fourth-order valence-corrected chi connectivity index (χ4v) is 4.92. The first kappa shape index (κ1) is 26.7. The lowest BCUT2D eigenvalue weighted by Gasteiger charge is -2.36. The number of hydrogen-bond acceptors (Lipinski definition) is 3. The lowest BCUT2D eigenvalue weighted by Crippen LogP contribution is -2.45. The Morgan fingerprint density at radius 1 is 0.917 bits per heavy atom. The molecule has 36 heavy (non-hydrogen) atoms. The molecule has 2 aromatic carbocycles. The Labute approximate surface area is 212 Å². The molecule has 0 bridgehead atoms. The second kappa shape index (κ2) is 12.3. The van der Waals surface area contributed by atoms with E-state index in [0.29, 0.717) is 36.8 Å². The van der Waals surface area contributed by atoms with Gasteiger partial charge in [-0.05, 0) is 61.6 Å². The van der Waals surface area contributed by atoms with Crippen LogP contribution in [0.4, 0.5) is 13.2 Å². The Hall–Kier alpha value is -2.31. The minimum Gasteiger partial charge on any atom is -0.498 e. The largest absolute Gasteiger partial charge is 0.498 e. The van der Waals surface area contributed by atoms with E-state index < -0.39 is 23.6 Å². The molecular weight excluding hydrogens is 465 g/mol. The minimum absolute atomic E-state index is 0.0239. The van der Waals surface area contributed by atoms with Crippen molar-refractivity contribution in [3.05, 3.63) is 71.0 Å². The third-order valence-electron chi connectivity index (χ3n) is 7.14. The van der Waals surface area contributed by atoms with Crippen LogP contribution in [-0.2, 0) is 27.1 Å². The van der Waals surface area contributed by atoms with Gasteiger partial charge in [0.25, 0.3) is 0 Å². The van der Waals surface area contributed by atoms with E-state index >= 15 is 0 Å². The molecule has 0 spiro atoms. The Balaban J connectivity index is 1.30. The monoisotopic (exact) mass is 502 g/mol. The molecular formula is C30H37F3O3. The molecule has 2 aromatic rings. The summed E-state index contributed by atoms with van der Waals surface area (Å²) < 4.78 is 61.4. The summed E-state index contributed by atoms with van der Waals surface area (Å²) in [5.41, 5.74) is 1.95. The number of rotatable bonds is 10. The normalized spacial score (nSPS) is 24.3. The average molecular weight is 503 g/mol. The van der Waals surface area contributed by atoms with Crippen LogP contribution in [0.2, 0.25) is 0 Å². The maximum atomic E-state index is 14.9. The highest BCUT2D eigenvalue weighted by Gasteiger charge is 2.38. The van der Waals surface area contributed by atoms with Gasteiger partial charge in [0.2, 0.25) is 0 Å². The molecule has 1 unspecified atom stereocenters. The lowest BCUT2D eigenvalue weighted by molar-refractivity contribution is -0.220. The summed E-state index contributed by atoms with van der Waals surface area (Å²) in [6.07, 6.45) is 7.70. The highest BCUT2D eigenvalue weighted by Crippen LogP contribution is 2.32. The molecule has 0 aliphatic carbocycles. The van der Waals surface area contributed by atoms with Crippen LogP contribution in [-0.4, -0.2) is 31.3 Å². The van der Waals surface area contributed by atoms with Crippen LogP contribution >= 0.6 is 0 Å². The van der Waals surface area contributed by atoms with E-state index in [1.807, 2.05) is 31.2 Å². The van der Waals surface area contributed by atoms with E-state index in [9.17, 15) is 13.2 Å². The second-order valence-electron chi connectivity index (χ2n) is 10.1. The van der Waals surface area contributed by atoms with Gasteiger partial charge in [-0.3, -0.25) is 0 Å². The molecule has 1 atom stereocenters. The molecule has 6 heteroatoms. The van der Waals surface area contributed by atoms with Crippen molar-refractivity contribution in [2.24, 2.45) is 0 Å².